The molecule has 21 heavy (non-hydrogen) atoms. The van der Waals surface area contributed by atoms with E-state index in [0.717, 1.165) is 0 Å². The molecular weight excluding hydrogens is 264 g/mol. The van der Waals surface area contributed by atoms with Crippen LogP contribution in [0, 0.1) is 0 Å². The summed E-state index contributed by atoms with van der Waals surface area (Å²) in [7, 11) is 1.55. The number of benzene rings is 1. The van der Waals surface area contributed by atoms with Crippen LogP contribution in [0.5, 0.6) is 5.75 Å². The number of hydrogen-bond acceptors (Lipinski definition) is 4. The molecule has 0 amide bonds. The number of carbonyl (C=O) groups excluding carboxylic acids is 1. The predicted octanol–water partition coefficient (Wildman–Crippen LogP) is 2.91. The van der Waals surface area contributed by atoms with Gasteiger partial charge >= 0.3 is 0 Å². The standard InChI is InChI=1S/C17H24N2O2/c1-5-10-19(11-6-2)15(7-3)17(20)13-8-9-16(21-4)14(18)12-13/h5-6,8-9,12,15H,1-2,7,10-11,18H2,3-4H3. The fourth-order valence-corrected chi connectivity index (χ4v) is 2.35. The summed E-state index contributed by atoms with van der Waals surface area (Å²) in [4.78, 5) is 14.8. The molecular formula is C17H24N2O2. The van der Waals surface area contributed by atoms with Gasteiger partial charge in [0.1, 0.15) is 5.75 Å². The van der Waals surface area contributed by atoms with Crippen LogP contribution < -0.4 is 10.5 Å². The van der Waals surface area contributed by atoms with Crippen molar-refractivity contribution >= 4 is 11.5 Å². The number of hydrogen-bond donors (Lipinski definition) is 1. The Morgan fingerprint density at radius 1 is 1.38 bits per heavy atom. The van der Waals surface area contributed by atoms with Gasteiger partial charge in [0.2, 0.25) is 0 Å². The van der Waals surface area contributed by atoms with Crippen LogP contribution in [0.2, 0.25) is 0 Å². The molecule has 1 rings (SSSR count). The number of rotatable bonds is 9. The molecule has 114 valence electrons. The van der Waals surface area contributed by atoms with Crippen molar-refractivity contribution in [1.29, 1.82) is 0 Å². The van der Waals surface area contributed by atoms with Crippen molar-refractivity contribution in [1.82, 2.24) is 4.90 Å². The molecule has 1 unspecified atom stereocenters. The lowest BCUT2D eigenvalue weighted by Gasteiger charge is -2.28. The number of ketones is 1. The van der Waals surface area contributed by atoms with Crippen molar-refractivity contribution in [3.63, 3.8) is 0 Å². The van der Waals surface area contributed by atoms with Crippen LogP contribution in [0.1, 0.15) is 23.7 Å². The molecule has 0 saturated carbocycles. The fraction of sp³-hybridized carbons (Fsp3) is 0.353. The Morgan fingerprint density at radius 3 is 2.43 bits per heavy atom. The number of methoxy groups -OCH3 is 1. The molecule has 0 aliphatic heterocycles. The highest BCUT2D eigenvalue weighted by Gasteiger charge is 2.24. The minimum Gasteiger partial charge on any atom is -0.495 e. The zero-order chi connectivity index (χ0) is 15.8. The molecule has 1 aromatic carbocycles. The monoisotopic (exact) mass is 288 g/mol. The summed E-state index contributed by atoms with van der Waals surface area (Å²) in [5.41, 5.74) is 6.95. The molecule has 2 N–H and O–H groups in total. The van der Waals surface area contributed by atoms with Gasteiger partial charge in [0.15, 0.2) is 5.78 Å². The van der Waals surface area contributed by atoms with Crippen LogP contribution in [-0.4, -0.2) is 36.9 Å². The summed E-state index contributed by atoms with van der Waals surface area (Å²) in [6.45, 7) is 10.8. The van der Waals surface area contributed by atoms with Crippen molar-refractivity contribution in [2.75, 3.05) is 25.9 Å². The van der Waals surface area contributed by atoms with Crippen LogP contribution in [0.4, 0.5) is 5.69 Å². The van der Waals surface area contributed by atoms with E-state index in [2.05, 4.69) is 13.2 Å². The number of nitrogens with zero attached hydrogens (tertiary/aromatic N) is 1. The van der Waals surface area contributed by atoms with Gasteiger partial charge in [0, 0.05) is 18.7 Å². The Balaban J connectivity index is 3.03. The van der Waals surface area contributed by atoms with Gasteiger partial charge in [-0.05, 0) is 24.6 Å². The Bertz CT molecular complexity index is 502. The lowest BCUT2D eigenvalue weighted by Crippen LogP contribution is -2.41. The minimum atomic E-state index is -0.214. The first-order valence-corrected chi connectivity index (χ1v) is 7.02. The highest BCUT2D eigenvalue weighted by Crippen LogP contribution is 2.23. The van der Waals surface area contributed by atoms with E-state index >= 15 is 0 Å². The van der Waals surface area contributed by atoms with Gasteiger partial charge in [-0.15, -0.1) is 13.2 Å². The quantitative estimate of drug-likeness (QED) is 0.431. The van der Waals surface area contributed by atoms with Crippen LogP contribution >= 0.6 is 0 Å². The first-order valence-electron chi connectivity index (χ1n) is 7.02. The normalized spacial score (nSPS) is 12.0. The maximum absolute atomic E-state index is 12.7. The summed E-state index contributed by atoms with van der Waals surface area (Å²) in [6, 6.07) is 4.93. The fourth-order valence-electron chi connectivity index (χ4n) is 2.35. The average molecular weight is 288 g/mol. The Morgan fingerprint density at radius 2 is 2.00 bits per heavy atom. The van der Waals surface area contributed by atoms with Gasteiger partial charge in [0.05, 0.1) is 18.8 Å². The maximum Gasteiger partial charge on any atom is 0.180 e. The Kier molecular flexibility index (Phi) is 6.69. The van der Waals surface area contributed by atoms with E-state index in [9.17, 15) is 4.79 Å². The first-order chi connectivity index (χ1) is 10.1. The van der Waals surface area contributed by atoms with Gasteiger partial charge in [-0.2, -0.15) is 0 Å². The summed E-state index contributed by atoms with van der Waals surface area (Å²) in [5, 5.41) is 0. The number of nitrogen functional groups attached to an aromatic ring is 1. The van der Waals surface area contributed by atoms with Crippen molar-refractivity contribution in [3.8, 4) is 5.75 Å². The number of nitrogens with two attached hydrogens (primary N) is 1. The van der Waals surface area contributed by atoms with Gasteiger partial charge in [-0.25, -0.2) is 0 Å². The lowest BCUT2D eigenvalue weighted by atomic mass is 9.99. The van der Waals surface area contributed by atoms with E-state index in [1.807, 2.05) is 11.8 Å². The van der Waals surface area contributed by atoms with E-state index in [4.69, 9.17) is 10.5 Å². The third-order valence-corrected chi connectivity index (χ3v) is 3.37. The smallest absolute Gasteiger partial charge is 0.180 e. The summed E-state index contributed by atoms with van der Waals surface area (Å²) < 4.78 is 5.12. The largest absolute Gasteiger partial charge is 0.495 e. The van der Waals surface area contributed by atoms with Crippen molar-refractivity contribution in [2.24, 2.45) is 0 Å². The number of ether oxygens (including phenoxy) is 1. The van der Waals surface area contributed by atoms with Crippen LogP contribution in [0.15, 0.2) is 43.5 Å². The summed E-state index contributed by atoms with van der Waals surface area (Å²) in [5.74, 6) is 0.629. The first kappa shape index (κ1) is 17.0. The molecule has 1 atom stereocenters. The molecule has 0 aromatic heterocycles. The summed E-state index contributed by atoms with van der Waals surface area (Å²) >= 11 is 0. The number of Topliss-reactive ketones (excluding diaryl/α,β-unsaturated/α-hetero) is 1. The van der Waals surface area contributed by atoms with Gasteiger partial charge in [-0.1, -0.05) is 19.1 Å². The van der Waals surface area contributed by atoms with E-state index in [0.29, 0.717) is 36.5 Å². The van der Waals surface area contributed by atoms with Crippen LogP contribution in [-0.2, 0) is 0 Å². The van der Waals surface area contributed by atoms with Crippen molar-refractivity contribution in [2.45, 2.75) is 19.4 Å². The second-order valence-electron chi connectivity index (χ2n) is 4.78. The molecule has 4 heteroatoms. The van der Waals surface area contributed by atoms with Crippen molar-refractivity contribution < 1.29 is 9.53 Å². The molecule has 0 aliphatic carbocycles. The molecule has 0 saturated heterocycles. The second-order valence-corrected chi connectivity index (χ2v) is 4.78. The number of carbonyl (C=O) groups is 1. The highest BCUT2D eigenvalue weighted by atomic mass is 16.5. The molecule has 1 aromatic rings. The van der Waals surface area contributed by atoms with E-state index in [-0.39, 0.29) is 11.8 Å². The molecule has 0 fully saturated rings. The molecule has 0 spiro atoms. The summed E-state index contributed by atoms with van der Waals surface area (Å²) in [6.07, 6.45) is 4.30. The van der Waals surface area contributed by atoms with E-state index in [1.165, 1.54) is 0 Å². The van der Waals surface area contributed by atoms with E-state index in [1.54, 1.807) is 37.5 Å². The zero-order valence-electron chi connectivity index (χ0n) is 12.8. The Hall–Kier alpha value is -2.07. The van der Waals surface area contributed by atoms with E-state index < -0.39 is 0 Å². The van der Waals surface area contributed by atoms with Gasteiger partial charge in [0.25, 0.3) is 0 Å². The molecule has 0 bridgehead atoms. The maximum atomic E-state index is 12.7. The third kappa shape index (κ3) is 4.20. The second kappa shape index (κ2) is 8.27. The third-order valence-electron chi connectivity index (χ3n) is 3.37. The lowest BCUT2D eigenvalue weighted by molar-refractivity contribution is 0.0842. The van der Waals surface area contributed by atoms with Crippen LogP contribution in [0.3, 0.4) is 0 Å². The predicted molar refractivity (Wildman–Crippen MR) is 87.8 cm³/mol. The molecule has 4 nitrogen and oxygen atoms in total. The molecule has 0 heterocycles. The van der Waals surface area contributed by atoms with Crippen LogP contribution in [0.25, 0.3) is 0 Å². The molecule has 0 radical (unpaired) electrons. The SMILES string of the molecule is C=CCN(CC=C)C(CC)C(=O)c1ccc(OC)c(N)c1. The molecule has 0 aliphatic rings. The highest BCUT2D eigenvalue weighted by molar-refractivity contribution is 6.01. The van der Waals surface area contributed by atoms with Gasteiger partial charge in [-0.3, -0.25) is 9.69 Å². The van der Waals surface area contributed by atoms with Crippen molar-refractivity contribution in [3.05, 3.63) is 49.1 Å². The average Bonchev–Trinajstić information content (AvgIpc) is 2.48. The topological polar surface area (TPSA) is 55.6 Å². The Labute approximate surface area is 126 Å². The zero-order valence-corrected chi connectivity index (χ0v) is 12.8. The minimum absolute atomic E-state index is 0.0514. The van der Waals surface area contributed by atoms with Gasteiger partial charge < -0.3 is 10.5 Å². The number of anilines is 1.